The van der Waals surface area contributed by atoms with E-state index in [1.54, 1.807) is 18.3 Å². The smallest absolute Gasteiger partial charge is 0.140 e. The predicted molar refractivity (Wildman–Crippen MR) is 72.3 cm³/mol. The van der Waals surface area contributed by atoms with E-state index in [-0.39, 0.29) is 12.2 Å². The number of halogens is 2. The number of benzene rings is 1. The first-order chi connectivity index (χ1) is 9.22. The second-order valence-electron chi connectivity index (χ2n) is 3.83. The number of aromatic nitrogens is 1. The lowest BCUT2D eigenvalue weighted by molar-refractivity contribution is 0.304. The maximum absolute atomic E-state index is 13.1. The molecule has 0 radical (unpaired) electrons. The topological polar surface area (TPSA) is 45.9 Å². The Labute approximate surface area is 118 Å². The molecule has 1 heterocycles. The highest BCUT2D eigenvalue weighted by molar-refractivity contribution is 9.08. The molecule has 19 heavy (non-hydrogen) atoms. The number of hydrogen-bond donors (Lipinski definition) is 0. The van der Waals surface area contributed by atoms with E-state index in [2.05, 4.69) is 20.9 Å². The molecule has 1 aromatic heterocycles. The van der Waals surface area contributed by atoms with E-state index < -0.39 is 5.82 Å². The van der Waals surface area contributed by atoms with Gasteiger partial charge < -0.3 is 4.74 Å². The van der Waals surface area contributed by atoms with E-state index in [9.17, 15) is 4.39 Å². The third-order valence-electron chi connectivity index (χ3n) is 2.49. The van der Waals surface area contributed by atoms with Crippen LogP contribution in [0.5, 0.6) is 5.75 Å². The molecule has 0 saturated heterocycles. The van der Waals surface area contributed by atoms with Gasteiger partial charge in [0.15, 0.2) is 0 Å². The molecule has 0 amide bonds. The summed E-state index contributed by atoms with van der Waals surface area (Å²) in [6.07, 6.45) is 1.63. The fourth-order valence-corrected chi connectivity index (χ4v) is 1.82. The zero-order valence-electron chi connectivity index (χ0n) is 9.94. The summed E-state index contributed by atoms with van der Waals surface area (Å²) < 4.78 is 18.7. The highest BCUT2D eigenvalue weighted by Crippen LogP contribution is 2.15. The SMILES string of the molecule is N#Cc1cc(COc2ccc(CBr)nc2)ccc1F. The Kier molecular flexibility index (Phi) is 4.48. The highest BCUT2D eigenvalue weighted by Gasteiger charge is 2.03. The molecule has 0 spiro atoms. The van der Waals surface area contributed by atoms with E-state index in [0.717, 1.165) is 11.3 Å². The van der Waals surface area contributed by atoms with Gasteiger partial charge in [-0.2, -0.15) is 5.26 Å². The third-order valence-corrected chi connectivity index (χ3v) is 3.07. The first-order valence-electron chi connectivity index (χ1n) is 5.55. The van der Waals surface area contributed by atoms with Gasteiger partial charge >= 0.3 is 0 Å². The van der Waals surface area contributed by atoms with Crippen LogP contribution in [0, 0.1) is 17.1 Å². The molecule has 96 valence electrons. The van der Waals surface area contributed by atoms with E-state index in [0.29, 0.717) is 11.1 Å². The molecule has 0 unspecified atom stereocenters. The number of ether oxygens (including phenoxy) is 1. The van der Waals surface area contributed by atoms with Crippen LogP contribution in [-0.2, 0) is 11.9 Å². The van der Waals surface area contributed by atoms with E-state index in [1.807, 2.05) is 12.1 Å². The van der Waals surface area contributed by atoms with Gasteiger partial charge in [0, 0.05) is 5.33 Å². The average molecular weight is 321 g/mol. The molecule has 0 bridgehead atoms. The van der Waals surface area contributed by atoms with Gasteiger partial charge in [0.1, 0.15) is 24.2 Å². The fourth-order valence-electron chi connectivity index (χ4n) is 1.49. The van der Waals surface area contributed by atoms with Crippen LogP contribution in [-0.4, -0.2) is 4.98 Å². The summed E-state index contributed by atoms with van der Waals surface area (Å²) in [4.78, 5) is 4.17. The summed E-state index contributed by atoms with van der Waals surface area (Å²) in [7, 11) is 0. The van der Waals surface area contributed by atoms with Crippen LogP contribution in [0.3, 0.4) is 0 Å². The van der Waals surface area contributed by atoms with Gasteiger partial charge in [-0.05, 0) is 29.8 Å². The summed E-state index contributed by atoms with van der Waals surface area (Å²) in [5.74, 6) is 0.113. The average Bonchev–Trinajstić information content (AvgIpc) is 2.47. The lowest BCUT2D eigenvalue weighted by Crippen LogP contribution is -1.98. The molecule has 2 rings (SSSR count). The molecule has 1 aromatic carbocycles. The van der Waals surface area contributed by atoms with Gasteiger partial charge in [-0.3, -0.25) is 4.98 Å². The highest BCUT2D eigenvalue weighted by atomic mass is 79.9. The van der Waals surface area contributed by atoms with Crippen LogP contribution in [0.2, 0.25) is 0 Å². The summed E-state index contributed by atoms with van der Waals surface area (Å²) in [6.45, 7) is 0.268. The molecule has 0 fully saturated rings. The van der Waals surface area contributed by atoms with Gasteiger partial charge in [0.2, 0.25) is 0 Å². The minimum Gasteiger partial charge on any atom is -0.487 e. The van der Waals surface area contributed by atoms with Crippen molar-refractivity contribution < 1.29 is 9.13 Å². The monoisotopic (exact) mass is 320 g/mol. The zero-order valence-corrected chi connectivity index (χ0v) is 11.5. The van der Waals surface area contributed by atoms with Crippen molar-refractivity contribution in [3.8, 4) is 11.8 Å². The van der Waals surface area contributed by atoms with Gasteiger partial charge in [0.05, 0.1) is 17.5 Å². The molecule has 0 saturated carbocycles. The first-order valence-corrected chi connectivity index (χ1v) is 6.67. The van der Waals surface area contributed by atoms with Crippen LogP contribution in [0.25, 0.3) is 0 Å². The van der Waals surface area contributed by atoms with Crippen molar-refractivity contribution in [3.05, 3.63) is 59.2 Å². The Morgan fingerprint density at radius 3 is 2.79 bits per heavy atom. The molecule has 0 N–H and O–H groups in total. The number of pyridine rings is 1. The first kappa shape index (κ1) is 13.5. The fraction of sp³-hybridized carbons (Fsp3) is 0.143. The van der Waals surface area contributed by atoms with E-state index in [1.165, 1.54) is 12.1 Å². The van der Waals surface area contributed by atoms with Crippen LogP contribution in [0.15, 0.2) is 36.5 Å². The summed E-state index contributed by atoms with van der Waals surface area (Å²) in [5, 5.41) is 9.43. The molecule has 0 aliphatic carbocycles. The number of rotatable bonds is 4. The minimum atomic E-state index is -0.519. The van der Waals surface area contributed by atoms with Crippen LogP contribution < -0.4 is 4.74 Å². The molecule has 0 aliphatic heterocycles. The normalized spacial score (nSPS) is 9.95. The van der Waals surface area contributed by atoms with Crippen molar-refractivity contribution >= 4 is 15.9 Å². The summed E-state index contributed by atoms with van der Waals surface area (Å²) in [5.41, 5.74) is 1.68. The van der Waals surface area contributed by atoms with Crippen molar-refractivity contribution in [3.63, 3.8) is 0 Å². The van der Waals surface area contributed by atoms with E-state index >= 15 is 0 Å². The Hall–Kier alpha value is -1.93. The van der Waals surface area contributed by atoms with Gasteiger partial charge in [0.25, 0.3) is 0 Å². The maximum Gasteiger partial charge on any atom is 0.140 e. The number of nitrogens with zero attached hydrogens (tertiary/aromatic N) is 2. The van der Waals surface area contributed by atoms with Crippen molar-refractivity contribution in [2.45, 2.75) is 11.9 Å². The molecule has 5 heteroatoms. The van der Waals surface area contributed by atoms with Crippen molar-refractivity contribution in [1.29, 1.82) is 5.26 Å². The number of alkyl halides is 1. The molecular weight excluding hydrogens is 311 g/mol. The second-order valence-corrected chi connectivity index (χ2v) is 4.39. The predicted octanol–water partition coefficient (Wildman–Crippen LogP) is 3.57. The lowest BCUT2D eigenvalue weighted by Gasteiger charge is -2.06. The Morgan fingerprint density at radius 2 is 2.16 bits per heavy atom. The Bertz CT molecular complexity index is 608. The molecular formula is C14H10BrFN2O. The van der Waals surface area contributed by atoms with Crippen LogP contribution in [0.1, 0.15) is 16.8 Å². The van der Waals surface area contributed by atoms with Gasteiger partial charge in [-0.15, -0.1) is 0 Å². The van der Waals surface area contributed by atoms with E-state index in [4.69, 9.17) is 10.00 Å². The third kappa shape index (κ3) is 3.52. The summed E-state index contributed by atoms with van der Waals surface area (Å²) in [6, 6.07) is 9.82. The van der Waals surface area contributed by atoms with Crippen LogP contribution >= 0.6 is 15.9 Å². The quantitative estimate of drug-likeness (QED) is 0.809. The lowest BCUT2D eigenvalue weighted by atomic mass is 10.1. The number of hydrogen-bond acceptors (Lipinski definition) is 3. The molecule has 0 aliphatic rings. The molecule has 3 nitrogen and oxygen atoms in total. The van der Waals surface area contributed by atoms with Crippen molar-refractivity contribution in [1.82, 2.24) is 4.98 Å². The van der Waals surface area contributed by atoms with Gasteiger partial charge in [-0.25, -0.2) is 4.39 Å². The molecule has 2 aromatic rings. The van der Waals surface area contributed by atoms with Crippen molar-refractivity contribution in [2.75, 3.05) is 0 Å². The standard InChI is InChI=1S/C14H10BrFN2O/c15-6-12-2-3-13(8-18-12)19-9-10-1-4-14(16)11(5-10)7-17/h1-5,8H,6,9H2. The Morgan fingerprint density at radius 1 is 1.32 bits per heavy atom. The second kappa shape index (κ2) is 6.30. The van der Waals surface area contributed by atoms with Crippen LogP contribution in [0.4, 0.5) is 4.39 Å². The maximum atomic E-state index is 13.1. The largest absolute Gasteiger partial charge is 0.487 e. The molecule has 0 atom stereocenters. The van der Waals surface area contributed by atoms with Gasteiger partial charge in [-0.1, -0.05) is 22.0 Å². The zero-order chi connectivity index (χ0) is 13.7. The van der Waals surface area contributed by atoms with Crippen molar-refractivity contribution in [2.24, 2.45) is 0 Å². The number of nitriles is 1. The Balaban J connectivity index is 2.04. The minimum absolute atomic E-state index is 0.0221. The summed E-state index contributed by atoms with van der Waals surface area (Å²) >= 11 is 3.31.